The van der Waals surface area contributed by atoms with E-state index >= 15 is 0 Å². The number of nitrogens with one attached hydrogen (secondary N) is 2. The molecule has 0 aliphatic rings. The number of hydrogen-bond donors (Lipinski definition) is 2. The zero-order valence-electron chi connectivity index (χ0n) is 9.99. The van der Waals surface area contributed by atoms with Gasteiger partial charge in [-0.3, -0.25) is 4.79 Å². The van der Waals surface area contributed by atoms with E-state index in [-0.39, 0.29) is 5.91 Å². The lowest BCUT2D eigenvalue weighted by molar-refractivity contribution is -0.120. The molecule has 2 N–H and O–H groups in total. The fourth-order valence-electron chi connectivity index (χ4n) is 1.39. The van der Waals surface area contributed by atoms with Crippen molar-refractivity contribution >= 4 is 5.91 Å². The van der Waals surface area contributed by atoms with Crippen molar-refractivity contribution in [3.05, 3.63) is 18.2 Å². The van der Waals surface area contributed by atoms with Gasteiger partial charge in [0.15, 0.2) is 0 Å². The molecular formula is C11H20N4O. The summed E-state index contributed by atoms with van der Waals surface area (Å²) < 4.78 is 1.96. The molecule has 0 radical (unpaired) electrons. The minimum Gasteiger partial charge on any atom is -0.355 e. The molecule has 0 aliphatic carbocycles. The van der Waals surface area contributed by atoms with Crippen LogP contribution >= 0.6 is 0 Å². The van der Waals surface area contributed by atoms with Crippen LogP contribution < -0.4 is 10.6 Å². The van der Waals surface area contributed by atoms with Gasteiger partial charge in [-0.2, -0.15) is 0 Å². The molecule has 0 saturated carbocycles. The van der Waals surface area contributed by atoms with Gasteiger partial charge in [-0.05, 0) is 13.0 Å². The first-order chi connectivity index (χ1) is 7.74. The second kappa shape index (κ2) is 7.00. The average Bonchev–Trinajstić information content (AvgIpc) is 2.65. The van der Waals surface area contributed by atoms with E-state index in [9.17, 15) is 4.79 Å². The van der Waals surface area contributed by atoms with Crippen molar-refractivity contribution in [1.29, 1.82) is 0 Å². The van der Waals surface area contributed by atoms with E-state index in [0.29, 0.717) is 13.1 Å². The summed E-state index contributed by atoms with van der Waals surface area (Å²) in [5.41, 5.74) is 0. The van der Waals surface area contributed by atoms with Gasteiger partial charge in [0.1, 0.15) is 5.82 Å². The third kappa shape index (κ3) is 4.44. The largest absolute Gasteiger partial charge is 0.355 e. The molecule has 0 atom stereocenters. The maximum Gasteiger partial charge on any atom is 0.233 e. The SMILES string of the molecule is CCCNCC(=O)NCCc1nccn1C. The molecule has 0 spiro atoms. The van der Waals surface area contributed by atoms with Crippen molar-refractivity contribution in [2.24, 2.45) is 7.05 Å². The Labute approximate surface area is 96.3 Å². The number of carbonyl (C=O) groups excluding carboxylic acids is 1. The highest BCUT2D eigenvalue weighted by molar-refractivity contribution is 5.77. The van der Waals surface area contributed by atoms with E-state index in [1.165, 1.54) is 0 Å². The highest BCUT2D eigenvalue weighted by Crippen LogP contribution is 1.93. The van der Waals surface area contributed by atoms with Crippen LogP contribution in [-0.4, -0.2) is 35.1 Å². The van der Waals surface area contributed by atoms with Crippen molar-refractivity contribution in [3.63, 3.8) is 0 Å². The number of hydrogen-bond acceptors (Lipinski definition) is 3. The maximum absolute atomic E-state index is 11.3. The molecule has 5 heteroatoms. The van der Waals surface area contributed by atoms with Crippen LogP contribution in [0.4, 0.5) is 0 Å². The van der Waals surface area contributed by atoms with E-state index in [1.807, 2.05) is 17.8 Å². The van der Waals surface area contributed by atoms with Gasteiger partial charge >= 0.3 is 0 Å². The highest BCUT2D eigenvalue weighted by Gasteiger charge is 2.01. The molecule has 0 aliphatic heterocycles. The standard InChI is InChI=1S/C11H20N4O/c1-3-5-12-9-11(16)14-6-4-10-13-7-8-15(10)2/h7-8,12H,3-6,9H2,1-2H3,(H,14,16). The molecule has 0 aromatic carbocycles. The van der Waals surface area contributed by atoms with Gasteiger partial charge < -0.3 is 15.2 Å². The van der Waals surface area contributed by atoms with Gasteiger partial charge in [0.25, 0.3) is 0 Å². The first-order valence-electron chi connectivity index (χ1n) is 5.67. The summed E-state index contributed by atoms with van der Waals surface area (Å²) in [6.07, 6.45) is 5.48. The van der Waals surface area contributed by atoms with Crippen LogP contribution in [0.2, 0.25) is 0 Å². The first kappa shape index (κ1) is 12.7. The Bertz CT molecular complexity index is 322. The van der Waals surface area contributed by atoms with Crippen LogP contribution in [0.1, 0.15) is 19.2 Å². The summed E-state index contributed by atoms with van der Waals surface area (Å²) in [4.78, 5) is 15.5. The van der Waals surface area contributed by atoms with Crippen molar-refractivity contribution < 1.29 is 4.79 Å². The van der Waals surface area contributed by atoms with E-state index < -0.39 is 0 Å². The van der Waals surface area contributed by atoms with E-state index in [2.05, 4.69) is 22.5 Å². The second-order valence-electron chi connectivity index (χ2n) is 3.73. The molecular weight excluding hydrogens is 204 g/mol. The minimum atomic E-state index is 0.0441. The van der Waals surface area contributed by atoms with Crippen molar-refractivity contribution in [1.82, 2.24) is 20.2 Å². The third-order valence-electron chi connectivity index (χ3n) is 2.30. The predicted molar refractivity (Wildman–Crippen MR) is 63.1 cm³/mol. The van der Waals surface area contributed by atoms with Gasteiger partial charge in [-0.15, -0.1) is 0 Å². The number of amides is 1. The second-order valence-corrected chi connectivity index (χ2v) is 3.73. The zero-order chi connectivity index (χ0) is 11.8. The lowest BCUT2D eigenvalue weighted by Gasteiger charge is -2.06. The zero-order valence-corrected chi connectivity index (χ0v) is 9.99. The summed E-state index contributed by atoms with van der Waals surface area (Å²) in [6.45, 7) is 3.99. The molecule has 1 aromatic heterocycles. The van der Waals surface area contributed by atoms with Crippen LogP contribution in [0.5, 0.6) is 0 Å². The molecule has 90 valence electrons. The lowest BCUT2D eigenvalue weighted by Crippen LogP contribution is -2.35. The molecule has 1 amide bonds. The van der Waals surface area contributed by atoms with E-state index in [4.69, 9.17) is 0 Å². The predicted octanol–water partition coefficient (Wildman–Crippen LogP) is 0.0784. The Morgan fingerprint density at radius 3 is 2.94 bits per heavy atom. The summed E-state index contributed by atoms with van der Waals surface area (Å²) in [5.74, 6) is 1.03. The molecule has 0 bridgehead atoms. The number of aromatic nitrogens is 2. The third-order valence-corrected chi connectivity index (χ3v) is 2.30. The molecule has 16 heavy (non-hydrogen) atoms. The van der Waals surface area contributed by atoms with Crippen LogP contribution in [0.25, 0.3) is 0 Å². The summed E-state index contributed by atoms with van der Waals surface area (Å²) >= 11 is 0. The molecule has 1 rings (SSSR count). The average molecular weight is 224 g/mol. The van der Waals surface area contributed by atoms with Crippen molar-refractivity contribution in [2.75, 3.05) is 19.6 Å². The first-order valence-corrected chi connectivity index (χ1v) is 5.67. The van der Waals surface area contributed by atoms with Crippen LogP contribution in [0.15, 0.2) is 12.4 Å². The normalized spacial score (nSPS) is 10.4. The number of imidazole rings is 1. The summed E-state index contributed by atoms with van der Waals surface area (Å²) in [5, 5.41) is 5.91. The molecule has 5 nitrogen and oxygen atoms in total. The smallest absolute Gasteiger partial charge is 0.233 e. The highest BCUT2D eigenvalue weighted by atomic mass is 16.1. The van der Waals surface area contributed by atoms with Crippen LogP contribution in [0, 0.1) is 0 Å². The van der Waals surface area contributed by atoms with Gasteiger partial charge in [-0.25, -0.2) is 4.98 Å². The Balaban J connectivity index is 2.11. The minimum absolute atomic E-state index is 0.0441. The molecule has 0 saturated heterocycles. The fourth-order valence-corrected chi connectivity index (χ4v) is 1.39. The van der Waals surface area contributed by atoms with Crippen LogP contribution in [0.3, 0.4) is 0 Å². The molecule has 1 aromatic rings. The van der Waals surface area contributed by atoms with Crippen molar-refractivity contribution in [2.45, 2.75) is 19.8 Å². The molecule has 1 heterocycles. The number of rotatable bonds is 7. The number of aryl methyl sites for hydroxylation is 1. The maximum atomic E-state index is 11.3. The molecule has 0 fully saturated rings. The van der Waals surface area contributed by atoms with Crippen molar-refractivity contribution in [3.8, 4) is 0 Å². The van der Waals surface area contributed by atoms with E-state index in [1.54, 1.807) is 6.20 Å². The Kier molecular flexibility index (Phi) is 5.56. The summed E-state index contributed by atoms with van der Waals surface area (Å²) in [6, 6.07) is 0. The lowest BCUT2D eigenvalue weighted by atomic mass is 10.4. The Morgan fingerprint density at radius 2 is 2.31 bits per heavy atom. The van der Waals surface area contributed by atoms with Gasteiger partial charge in [-0.1, -0.05) is 6.92 Å². The van der Waals surface area contributed by atoms with Gasteiger partial charge in [0.05, 0.1) is 6.54 Å². The quantitative estimate of drug-likeness (QED) is 0.645. The Hall–Kier alpha value is -1.36. The Morgan fingerprint density at radius 1 is 1.50 bits per heavy atom. The number of nitrogens with zero attached hydrogens (tertiary/aromatic N) is 2. The van der Waals surface area contributed by atoms with E-state index in [0.717, 1.165) is 25.2 Å². The topological polar surface area (TPSA) is 59.0 Å². The van der Waals surface area contributed by atoms with Gasteiger partial charge in [0, 0.05) is 32.4 Å². The van der Waals surface area contributed by atoms with Gasteiger partial charge in [0.2, 0.25) is 5.91 Å². The monoisotopic (exact) mass is 224 g/mol. The van der Waals surface area contributed by atoms with Crippen LogP contribution in [-0.2, 0) is 18.3 Å². The summed E-state index contributed by atoms with van der Waals surface area (Å²) in [7, 11) is 1.95. The number of carbonyl (C=O) groups is 1. The fraction of sp³-hybridized carbons (Fsp3) is 0.636. The molecule has 0 unspecified atom stereocenters.